The van der Waals surface area contributed by atoms with Crippen molar-refractivity contribution in [2.45, 2.75) is 69.8 Å². The fourth-order valence-electron chi connectivity index (χ4n) is 5.21. The monoisotopic (exact) mass is 472 g/mol. The third kappa shape index (κ3) is 4.91. The van der Waals surface area contributed by atoms with Crippen molar-refractivity contribution in [3.8, 4) is 5.75 Å². The average molecular weight is 473 g/mol. The van der Waals surface area contributed by atoms with E-state index in [4.69, 9.17) is 11.3 Å². The van der Waals surface area contributed by atoms with E-state index in [2.05, 4.69) is 15.5 Å². The third-order valence-electron chi connectivity index (χ3n) is 7.12. The van der Waals surface area contributed by atoms with Crippen LogP contribution < -0.4 is 15.4 Å². The zero-order chi connectivity index (χ0) is 24.4. The number of hydrogen-bond donors (Lipinski definition) is 2. The minimum absolute atomic E-state index is 0.0210. The zero-order valence-corrected chi connectivity index (χ0v) is 19.5. The number of nitrogens with one attached hydrogen (secondary N) is 2. The predicted molar refractivity (Wildman–Crippen MR) is 129 cm³/mol. The molecule has 0 radical (unpaired) electrons. The van der Waals surface area contributed by atoms with Gasteiger partial charge in [-0.15, -0.1) is 0 Å². The van der Waals surface area contributed by atoms with Gasteiger partial charge in [0.1, 0.15) is 17.9 Å². The molecule has 5 rings (SSSR count). The van der Waals surface area contributed by atoms with Crippen molar-refractivity contribution in [3.05, 3.63) is 70.6 Å². The van der Waals surface area contributed by atoms with E-state index in [0.717, 1.165) is 42.6 Å². The molecule has 0 aromatic heterocycles. The second-order valence-corrected chi connectivity index (χ2v) is 9.43. The van der Waals surface area contributed by atoms with Gasteiger partial charge in [-0.2, -0.15) is 0 Å². The molecule has 2 heterocycles. The first kappa shape index (κ1) is 23.1. The van der Waals surface area contributed by atoms with Crippen LogP contribution in [0.3, 0.4) is 0 Å². The van der Waals surface area contributed by atoms with Gasteiger partial charge in [-0.05, 0) is 55.0 Å². The number of imide groups is 1. The molecule has 35 heavy (non-hydrogen) atoms. The van der Waals surface area contributed by atoms with Crippen molar-refractivity contribution >= 4 is 23.4 Å². The van der Waals surface area contributed by atoms with Gasteiger partial charge >= 0.3 is 0 Å². The predicted octanol–water partition coefficient (Wildman–Crippen LogP) is 3.48. The molecule has 8 heteroatoms. The number of nitrogens with zero attached hydrogens (tertiary/aromatic N) is 2. The largest absolute Gasteiger partial charge is 0.489 e. The van der Waals surface area contributed by atoms with Crippen molar-refractivity contribution in [2.75, 3.05) is 0 Å². The Morgan fingerprint density at radius 3 is 2.63 bits per heavy atom. The Morgan fingerprint density at radius 2 is 1.86 bits per heavy atom. The Balaban J connectivity index is 1.24. The maximum Gasteiger partial charge on any atom is 0.255 e. The van der Waals surface area contributed by atoms with Gasteiger partial charge in [0.25, 0.3) is 5.91 Å². The van der Waals surface area contributed by atoms with Crippen molar-refractivity contribution in [1.29, 1.82) is 0 Å². The van der Waals surface area contributed by atoms with Gasteiger partial charge < -0.3 is 15.0 Å². The lowest BCUT2D eigenvalue weighted by molar-refractivity contribution is -0.136. The van der Waals surface area contributed by atoms with E-state index in [1.54, 1.807) is 11.0 Å². The molecular weight excluding hydrogens is 444 g/mol. The van der Waals surface area contributed by atoms with Crippen LogP contribution in [0.1, 0.15) is 60.0 Å². The van der Waals surface area contributed by atoms with Crippen molar-refractivity contribution in [1.82, 2.24) is 15.5 Å². The highest BCUT2D eigenvalue weighted by Gasteiger charge is 2.39. The summed E-state index contributed by atoms with van der Waals surface area (Å²) in [6, 6.07) is 12.7. The first-order chi connectivity index (χ1) is 17.0. The molecule has 0 bridgehead atoms. The minimum Gasteiger partial charge on any atom is -0.489 e. The van der Waals surface area contributed by atoms with E-state index in [9.17, 15) is 14.4 Å². The molecule has 1 aliphatic carbocycles. The number of amides is 3. The highest BCUT2D eigenvalue weighted by molar-refractivity contribution is 6.05. The average Bonchev–Trinajstić information content (AvgIpc) is 3.19. The summed E-state index contributed by atoms with van der Waals surface area (Å²) in [6.07, 6.45) is 4.84. The molecule has 2 aliphatic heterocycles. The summed E-state index contributed by atoms with van der Waals surface area (Å²) >= 11 is 0. The van der Waals surface area contributed by atoms with Crippen LogP contribution in [-0.4, -0.2) is 40.8 Å². The molecule has 2 aromatic rings. The molecule has 2 fully saturated rings. The van der Waals surface area contributed by atoms with Crippen LogP contribution in [0.5, 0.6) is 5.75 Å². The molecule has 2 N–H and O–H groups in total. The lowest BCUT2D eigenvalue weighted by atomic mass is 9.92. The summed E-state index contributed by atoms with van der Waals surface area (Å²) in [5, 5.41) is 5.96. The summed E-state index contributed by atoms with van der Waals surface area (Å²) in [4.78, 5) is 41.7. The van der Waals surface area contributed by atoms with Gasteiger partial charge in [-0.25, -0.2) is 4.85 Å². The normalized spacial score (nSPS) is 24.0. The van der Waals surface area contributed by atoms with E-state index in [1.165, 1.54) is 0 Å². The highest BCUT2D eigenvalue weighted by Crippen LogP contribution is 2.32. The second-order valence-electron chi connectivity index (χ2n) is 9.43. The van der Waals surface area contributed by atoms with Crippen LogP contribution in [0.25, 0.3) is 4.85 Å². The SMILES string of the molecule is [C-]#[N+]c1ccc(CNC2CCCCC2Oc2ccc3c(c2)CN(C2CCC(=O)NC2=O)C3=O)cc1. The van der Waals surface area contributed by atoms with Crippen LogP contribution in [0.2, 0.25) is 0 Å². The van der Waals surface area contributed by atoms with E-state index < -0.39 is 11.9 Å². The maximum absolute atomic E-state index is 12.9. The standard InChI is InChI=1S/C27H28N4O4/c1-28-19-8-6-17(7-9-19)15-29-22-4-2-3-5-24(22)35-20-10-11-21-18(14-20)16-31(27(21)34)23-12-13-25(32)30-26(23)33/h6-11,14,22-24,29H,2-5,12-13,15-16H2,(H,30,32,33). The first-order valence-corrected chi connectivity index (χ1v) is 12.2. The number of fused-ring (bicyclic) bond motifs is 1. The van der Waals surface area contributed by atoms with Gasteiger partial charge in [-0.1, -0.05) is 30.7 Å². The van der Waals surface area contributed by atoms with Crippen LogP contribution in [0.15, 0.2) is 42.5 Å². The number of hydrogen-bond acceptors (Lipinski definition) is 5. The summed E-state index contributed by atoms with van der Waals surface area (Å²) in [5.74, 6) is -0.148. The van der Waals surface area contributed by atoms with Crippen LogP contribution >= 0.6 is 0 Å². The number of rotatable bonds is 6. The molecule has 3 amide bonds. The van der Waals surface area contributed by atoms with E-state index in [0.29, 0.717) is 30.8 Å². The van der Waals surface area contributed by atoms with E-state index in [-0.39, 0.29) is 30.4 Å². The van der Waals surface area contributed by atoms with Gasteiger partial charge in [-0.3, -0.25) is 19.7 Å². The first-order valence-electron chi connectivity index (χ1n) is 12.2. The molecular formula is C27H28N4O4. The highest BCUT2D eigenvalue weighted by atomic mass is 16.5. The Bertz CT molecular complexity index is 1190. The summed E-state index contributed by atoms with van der Waals surface area (Å²) in [6.45, 7) is 8.14. The van der Waals surface area contributed by atoms with Gasteiger partial charge in [0, 0.05) is 31.1 Å². The molecule has 0 spiro atoms. The molecule has 3 aliphatic rings. The molecule has 2 aromatic carbocycles. The Kier molecular flexibility index (Phi) is 6.51. The van der Waals surface area contributed by atoms with Gasteiger partial charge in [0.05, 0.1) is 6.57 Å². The van der Waals surface area contributed by atoms with Gasteiger partial charge in [0.2, 0.25) is 11.8 Å². The van der Waals surface area contributed by atoms with Crippen LogP contribution in [0.4, 0.5) is 5.69 Å². The molecule has 1 saturated carbocycles. The molecule has 1 saturated heterocycles. The smallest absolute Gasteiger partial charge is 0.255 e. The van der Waals surface area contributed by atoms with Crippen LogP contribution in [0, 0.1) is 6.57 Å². The number of ether oxygens (including phenoxy) is 1. The summed E-state index contributed by atoms with van der Waals surface area (Å²) in [7, 11) is 0. The maximum atomic E-state index is 12.9. The Hall–Kier alpha value is -3.70. The topological polar surface area (TPSA) is 92.1 Å². The molecule has 8 nitrogen and oxygen atoms in total. The molecule has 3 unspecified atom stereocenters. The number of benzene rings is 2. The number of carbonyl (C=O) groups is 3. The lowest BCUT2D eigenvalue weighted by Gasteiger charge is -2.33. The van der Waals surface area contributed by atoms with Gasteiger partial charge in [0.15, 0.2) is 5.69 Å². The number of piperidine rings is 1. The zero-order valence-electron chi connectivity index (χ0n) is 19.5. The van der Waals surface area contributed by atoms with E-state index >= 15 is 0 Å². The molecule has 180 valence electrons. The third-order valence-corrected chi connectivity index (χ3v) is 7.12. The fraction of sp³-hybridized carbons (Fsp3) is 0.407. The van der Waals surface area contributed by atoms with E-state index in [1.807, 2.05) is 36.4 Å². The summed E-state index contributed by atoms with van der Waals surface area (Å²) < 4.78 is 6.41. The minimum atomic E-state index is -0.618. The quantitative estimate of drug-likeness (QED) is 0.496. The Morgan fingerprint density at radius 1 is 1.06 bits per heavy atom. The number of carbonyl (C=O) groups excluding carboxylic acids is 3. The fourth-order valence-corrected chi connectivity index (χ4v) is 5.21. The summed E-state index contributed by atoms with van der Waals surface area (Å²) in [5.41, 5.74) is 3.20. The van der Waals surface area contributed by atoms with Crippen molar-refractivity contribution in [3.63, 3.8) is 0 Å². The Labute approximate surface area is 204 Å². The second kappa shape index (κ2) is 9.88. The molecule has 3 atom stereocenters. The van der Waals surface area contributed by atoms with Crippen LogP contribution in [-0.2, 0) is 22.7 Å². The lowest BCUT2D eigenvalue weighted by Crippen LogP contribution is -2.52. The van der Waals surface area contributed by atoms with Crippen molar-refractivity contribution < 1.29 is 19.1 Å². The van der Waals surface area contributed by atoms with Crippen molar-refractivity contribution in [2.24, 2.45) is 0 Å².